The van der Waals surface area contributed by atoms with Crippen molar-refractivity contribution in [3.05, 3.63) is 145 Å². The van der Waals surface area contributed by atoms with Gasteiger partial charge in [-0.05, 0) is 89.1 Å². The van der Waals surface area contributed by atoms with Gasteiger partial charge in [-0.25, -0.2) is 24.6 Å². The maximum Gasteiger partial charge on any atom is 0.225 e. The zero-order valence-corrected chi connectivity index (χ0v) is 33.0. The van der Waals surface area contributed by atoms with Crippen molar-refractivity contribution in [2.45, 2.75) is 25.9 Å². The van der Waals surface area contributed by atoms with E-state index in [1.165, 1.54) is 15.9 Å². The minimum Gasteiger partial charge on any atom is -0.348 e. The van der Waals surface area contributed by atoms with E-state index in [2.05, 4.69) is 99.6 Å². The van der Waals surface area contributed by atoms with Crippen LogP contribution in [-0.4, -0.2) is 79.5 Å². The summed E-state index contributed by atoms with van der Waals surface area (Å²) in [7, 11) is 3.55. The van der Waals surface area contributed by atoms with Crippen LogP contribution in [0.3, 0.4) is 0 Å². The molecule has 0 bridgehead atoms. The summed E-state index contributed by atoms with van der Waals surface area (Å²) >= 11 is 0. The van der Waals surface area contributed by atoms with Crippen LogP contribution in [0.1, 0.15) is 37.1 Å². The van der Waals surface area contributed by atoms with E-state index in [-0.39, 0.29) is 12.1 Å². The van der Waals surface area contributed by atoms with Crippen molar-refractivity contribution in [3.63, 3.8) is 0 Å². The van der Waals surface area contributed by atoms with Crippen LogP contribution in [-0.2, 0) is 14.1 Å². The molecule has 0 saturated heterocycles. The number of tetrazole rings is 2. The third-order valence-electron chi connectivity index (χ3n) is 9.81. The molecule has 60 heavy (non-hydrogen) atoms. The first-order valence-corrected chi connectivity index (χ1v) is 19.1. The van der Waals surface area contributed by atoms with Crippen molar-refractivity contribution in [2.24, 2.45) is 14.1 Å². The van der Waals surface area contributed by atoms with E-state index in [1.807, 2.05) is 101 Å². The summed E-state index contributed by atoms with van der Waals surface area (Å²) in [6.45, 7) is 4.16. The maximum absolute atomic E-state index is 4.70. The Bertz CT molecular complexity index is 3020. The van der Waals surface area contributed by atoms with Crippen LogP contribution in [0, 0.1) is 0 Å². The summed E-state index contributed by atoms with van der Waals surface area (Å²) < 4.78 is 5.50. The highest BCUT2D eigenvalue weighted by atomic mass is 15.6. The molecule has 0 aliphatic heterocycles. The number of rotatable bonds is 10. The van der Waals surface area contributed by atoms with Gasteiger partial charge in [-0.2, -0.15) is 14.8 Å². The number of anilines is 2. The van der Waals surface area contributed by atoms with Crippen molar-refractivity contribution in [3.8, 4) is 34.4 Å². The maximum atomic E-state index is 4.70. The van der Waals surface area contributed by atoms with Gasteiger partial charge < -0.3 is 10.6 Å². The summed E-state index contributed by atoms with van der Waals surface area (Å²) in [4.78, 5) is 28.6. The molecule has 10 aromatic rings. The number of nitrogens with one attached hydrogen (secondary N) is 2. The van der Waals surface area contributed by atoms with E-state index in [0.717, 1.165) is 44.8 Å². The van der Waals surface area contributed by atoms with Crippen LogP contribution in [0.2, 0.25) is 0 Å². The lowest BCUT2D eigenvalue weighted by Crippen LogP contribution is -2.10. The highest BCUT2D eigenvalue weighted by Gasteiger charge is 2.15. The second-order valence-electron chi connectivity index (χ2n) is 13.9. The normalized spacial score (nSPS) is 12.2. The monoisotopic (exact) mass is 794 g/mol. The van der Waals surface area contributed by atoms with E-state index in [1.54, 1.807) is 36.8 Å². The SMILES string of the molecule is C[C@H](Nc1nccc(-n2cnc3ccc(-c4nnn(C)n4)cc32)n1)c1ccccc1.C[C@H](Nc1nccc(-n2cnc3ccc(-c4nnnn4C)cc32)n1)c1ccccc1. The Morgan fingerprint density at radius 3 is 1.58 bits per heavy atom. The first kappa shape index (κ1) is 37.3. The molecule has 6 aromatic heterocycles. The highest BCUT2D eigenvalue weighted by molar-refractivity contribution is 5.83. The molecular weight excluding hydrogens is 757 g/mol. The second kappa shape index (κ2) is 16.3. The lowest BCUT2D eigenvalue weighted by molar-refractivity contribution is 0.630. The Morgan fingerprint density at radius 1 is 0.550 bits per heavy atom. The number of fused-ring (bicyclic) bond motifs is 2. The summed E-state index contributed by atoms with van der Waals surface area (Å²) in [5.74, 6) is 3.81. The number of hydrogen-bond donors (Lipinski definition) is 2. The minimum absolute atomic E-state index is 0.0790. The Hall–Kier alpha value is -8.28. The predicted molar refractivity (Wildman–Crippen MR) is 226 cm³/mol. The first-order chi connectivity index (χ1) is 29.4. The lowest BCUT2D eigenvalue weighted by Gasteiger charge is -2.14. The van der Waals surface area contributed by atoms with Gasteiger partial charge in [0.2, 0.25) is 17.7 Å². The summed E-state index contributed by atoms with van der Waals surface area (Å²) in [5.41, 5.74) is 7.64. The van der Waals surface area contributed by atoms with E-state index >= 15 is 0 Å². The zero-order valence-electron chi connectivity index (χ0n) is 33.0. The van der Waals surface area contributed by atoms with Crippen LogP contribution in [0.4, 0.5) is 11.9 Å². The molecule has 0 unspecified atom stereocenters. The van der Waals surface area contributed by atoms with E-state index in [4.69, 9.17) is 9.97 Å². The van der Waals surface area contributed by atoms with Crippen LogP contribution in [0.25, 0.3) is 56.5 Å². The van der Waals surface area contributed by atoms with Gasteiger partial charge in [0, 0.05) is 30.6 Å². The van der Waals surface area contributed by atoms with Gasteiger partial charge >= 0.3 is 0 Å². The Kier molecular flexibility index (Phi) is 10.1. The van der Waals surface area contributed by atoms with Crippen LogP contribution < -0.4 is 10.6 Å². The average molecular weight is 795 g/mol. The summed E-state index contributed by atoms with van der Waals surface area (Å²) in [5, 5.41) is 30.7. The fourth-order valence-corrected chi connectivity index (χ4v) is 6.68. The molecule has 18 heteroatoms. The van der Waals surface area contributed by atoms with Crippen LogP contribution in [0.15, 0.2) is 134 Å². The largest absolute Gasteiger partial charge is 0.348 e. The fourth-order valence-electron chi connectivity index (χ4n) is 6.68. The standard InChI is InChI=1S/2C21H19N9/c1-14(15-6-4-3-5-7-15)24-21-22-11-10-19(25-21)30-13-23-17-9-8-16(12-18(17)30)20-26-27-28-29(20)2;1-14(15-6-4-3-5-7-15)24-21-22-11-10-19(25-21)30-13-23-17-9-8-16(12-18(17)30)20-26-28-29(2)27-20/h2*3-14H,1-2H3,(H,22,24,25)/t2*14-/m00/s1. The van der Waals surface area contributed by atoms with E-state index in [0.29, 0.717) is 23.5 Å². The van der Waals surface area contributed by atoms with Crippen molar-refractivity contribution < 1.29 is 0 Å². The predicted octanol–water partition coefficient (Wildman–Crippen LogP) is 6.36. The molecule has 0 amide bonds. The molecule has 2 atom stereocenters. The number of aromatic nitrogens is 16. The van der Waals surface area contributed by atoms with Gasteiger partial charge in [-0.15, -0.1) is 15.3 Å². The fraction of sp³-hybridized carbons (Fsp3) is 0.143. The molecular formula is C42H38N18. The van der Waals surface area contributed by atoms with E-state index in [9.17, 15) is 0 Å². The molecule has 0 saturated carbocycles. The molecule has 0 spiro atoms. The molecule has 6 heterocycles. The van der Waals surface area contributed by atoms with Gasteiger partial charge in [0.1, 0.15) is 24.3 Å². The van der Waals surface area contributed by atoms with Crippen LogP contribution >= 0.6 is 0 Å². The molecule has 296 valence electrons. The number of benzene rings is 4. The van der Waals surface area contributed by atoms with E-state index < -0.39 is 0 Å². The lowest BCUT2D eigenvalue weighted by atomic mass is 10.1. The van der Waals surface area contributed by atoms with Gasteiger partial charge in [-0.3, -0.25) is 9.13 Å². The third kappa shape index (κ3) is 7.84. The number of imidazole rings is 2. The third-order valence-corrected chi connectivity index (χ3v) is 9.81. The van der Waals surface area contributed by atoms with Crippen molar-refractivity contribution in [1.82, 2.24) is 79.5 Å². The molecule has 0 radical (unpaired) electrons. The first-order valence-electron chi connectivity index (χ1n) is 19.1. The van der Waals surface area contributed by atoms with Gasteiger partial charge in [-0.1, -0.05) is 60.7 Å². The Balaban J connectivity index is 0.000000154. The van der Waals surface area contributed by atoms with Gasteiger partial charge in [0.25, 0.3) is 0 Å². The number of aryl methyl sites for hydroxylation is 2. The summed E-state index contributed by atoms with van der Waals surface area (Å²) in [6.07, 6.45) is 6.99. The van der Waals surface area contributed by atoms with Gasteiger partial charge in [0.05, 0.1) is 41.2 Å². The number of nitrogens with zero attached hydrogens (tertiary/aromatic N) is 16. The molecule has 10 rings (SSSR count). The Labute approximate surface area is 343 Å². The molecule has 0 fully saturated rings. The molecule has 4 aromatic carbocycles. The quantitative estimate of drug-likeness (QED) is 0.155. The van der Waals surface area contributed by atoms with Crippen molar-refractivity contribution >= 4 is 34.0 Å². The number of hydrogen-bond acceptors (Lipinski definition) is 14. The second-order valence-corrected chi connectivity index (χ2v) is 13.9. The highest BCUT2D eigenvalue weighted by Crippen LogP contribution is 2.26. The molecule has 0 aliphatic rings. The van der Waals surface area contributed by atoms with Crippen LogP contribution in [0.5, 0.6) is 0 Å². The smallest absolute Gasteiger partial charge is 0.225 e. The summed E-state index contributed by atoms with van der Waals surface area (Å²) in [6, 6.07) is 36.0. The van der Waals surface area contributed by atoms with Gasteiger partial charge in [0.15, 0.2) is 5.82 Å². The molecule has 0 aliphatic carbocycles. The minimum atomic E-state index is 0.0790. The molecule has 18 nitrogen and oxygen atoms in total. The average Bonchev–Trinajstić information content (AvgIpc) is 4.11. The van der Waals surface area contributed by atoms with Crippen molar-refractivity contribution in [1.29, 1.82) is 0 Å². The molecule has 2 N–H and O–H groups in total. The Morgan fingerprint density at radius 2 is 1.08 bits per heavy atom. The topological polar surface area (TPSA) is 198 Å². The van der Waals surface area contributed by atoms with Crippen molar-refractivity contribution in [2.75, 3.05) is 10.6 Å². The zero-order chi connectivity index (χ0) is 41.0.